The third kappa shape index (κ3) is 5.48. The van der Waals surface area contributed by atoms with Gasteiger partial charge in [0, 0.05) is 22.6 Å². The van der Waals surface area contributed by atoms with E-state index >= 15 is 0 Å². The van der Waals surface area contributed by atoms with Crippen LogP contribution in [0.5, 0.6) is 0 Å². The highest BCUT2D eigenvalue weighted by atomic mass is 79.9. The fourth-order valence-corrected chi connectivity index (χ4v) is 2.86. The first-order chi connectivity index (χ1) is 10.4. The molecule has 8 heteroatoms. The van der Waals surface area contributed by atoms with Crippen molar-refractivity contribution in [3.63, 3.8) is 0 Å². The number of ether oxygens (including phenoxy) is 1. The Bertz CT molecular complexity index is 561. The average molecular weight is 500 g/mol. The van der Waals surface area contributed by atoms with Crippen LogP contribution in [-0.4, -0.2) is 28.3 Å². The smallest absolute Gasteiger partial charge is 0.338 e. The summed E-state index contributed by atoms with van der Waals surface area (Å²) in [6.45, 7) is 2.20. The van der Waals surface area contributed by atoms with Gasteiger partial charge in [0.15, 0.2) is 0 Å². The van der Waals surface area contributed by atoms with Gasteiger partial charge >= 0.3 is 5.97 Å². The number of esters is 1. The lowest BCUT2D eigenvalue weighted by molar-refractivity contribution is -0.131. The molecule has 0 unspecified atom stereocenters. The predicted molar refractivity (Wildman–Crippen MR) is 92.7 cm³/mol. The molecule has 0 radical (unpaired) electrons. The molecule has 2 rings (SSSR count). The van der Waals surface area contributed by atoms with E-state index in [4.69, 9.17) is 4.74 Å². The molecule has 1 saturated heterocycles. The molecule has 1 heterocycles. The normalized spacial score (nSPS) is 13.7. The molecule has 120 valence electrons. The van der Waals surface area contributed by atoms with Crippen molar-refractivity contribution in [3.05, 3.63) is 33.8 Å². The number of benzene rings is 1. The highest BCUT2D eigenvalue weighted by molar-refractivity contribution is 9.10. The second-order valence-electron chi connectivity index (χ2n) is 4.22. The summed E-state index contributed by atoms with van der Waals surface area (Å²) in [5.41, 5.74) is 1.55. The van der Waals surface area contributed by atoms with Crippen molar-refractivity contribution >= 4 is 65.8 Å². The van der Waals surface area contributed by atoms with Gasteiger partial charge in [-0.15, -0.1) is 0 Å². The highest BCUT2D eigenvalue weighted by Gasteiger charge is 2.26. The molecule has 0 saturated carbocycles. The van der Waals surface area contributed by atoms with Crippen molar-refractivity contribution in [1.82, 2.24) is 3.93 Å². The minimum atomic E-state index is -0.269. The first-order valence-corrected chi connectivity index (χ1v) is 9.06. The number of alkyl halides is 1. The van der Waals surface area contributed by atoms with Gasteiger partial charge in [0.25, 0.3) is 0 Å². The van der Waals surface area contributed by atoms with Gasteiger partial charge in [-0.25, -0.2) is 8.72 Å². The van der Waals surface area contributed by atoms with Gasteiger partial charge in [-0.05, 0) is 30.7 Å². The molecule has 0 bridgehead atoms. The fourth-order valence-electron chi connectivity index (χ4n) is 1.63. The Labute approximate surface area is 154 Å². The molecule has 0 atom stereocenters. The number of imide groups is 1. The van der Waals surface area contributed by atoms with E-state index in [9.17, 15) is 14.4 Å². The Hall–Kier alpha value is -0.730. The van der Waals surface area contributed by atoms with Crippen molar-refractivity contribution in [2.24, 2.45) is 0 Å². The summed E-state index contributed by atoms with van der Waals surface area (Å²) in [6, 6.07) is 5.50. The van der Waals surface area contributed by atoms with Gasteiger partial charge < -0.3 is 4.74 Å². The zero-order valence-electron chi connectivity index (χ0n) is 11.8. The summed E-state index contributed by atoms with van der Waals surface area (Å²) < 4.78 is 6.87. The SMILES string of the molecule is CCOC(=O)c1ccc(Br)cc1CBr.O=C1CCC(=O)N1Br. The minimum Gasteiger partial charge on any atom is -0.462 e. The van der Waals surface area contributed by atoms with E-state index < -0.39 is 0 Å². The van der Waals surface area contributed by atoms with Crippen LogP contribution in [0.4, 0.5) is 0 Å². The van der Waals surface area contributed by atoms with E-state index in [1.165, 1.54) is 0 Å². The summed E-state index contributed by atoms with van der Waals surface area (Å²) in [5, 5.41) is 0.639. The molecule has 0 N–H and O–H groups in total. The van der Waals surface area contributed by atoms with Crippen LogP contribution in [0.2, 0.25) is 0 Å². The molecule has 1 aromatic carbocycles. The Balaban J connectivity index is 0.000000255. The van der Waals surface area contributed by atoms with Crippen LogP contribution in [0.25, 0.3) is 0 Å². The lowest BCUT2D eigenvalue weighted by Crippen LogP contribution is -2.16. The summed E-state index contributed by atoms with van der Waals surface area (Å²) in [7, 11) is 0. The summed E-state index contributed by atoms with van der Waals surface area (Å²) in [4.78, 5) is 32.4. The lowest BCUT2D eigenvalue weighted by Gasteiger charge is -2.06. The number of hydrogen-bond donors (Lipinski definition) is 0. The maximum Gasteiger partial charge on any atom is 0.338 e. The van der Waals surface area contributed by atoms with E-state index in [-0.39, 0.29) is 17.8 Å². The molecule has 1 fully saturated rings. The monoisotopic (exact) mass is 497 g/mol. The van der Waals surface area contributed by atoms with Crippen LogP contribution in [-0.2, 0) is 19.7 Å². The molecule has 0 aromatic heterocycles. The number of carbonyl (C=O) groups is 3. The van der Waals surface area contributed by atoms with Gasteiger partial charge in [0.05, 0.1) is 28.3 Å². The largest absolute Gasteiger partial charge is 0.462 e. The molecule has 0 spiro atoms. The number of nitrogens with zero attached hydrogens (tertiary/aromatic N) is 1. The van der Waals surface area contributed by atoms with Gasteiger partial charge in [-0.3, -0.25) is 9.59 Å². The average Bonchev–Trinajstić information content (AvgIpc) is 2.79. The van der Waals surface area contributed by atoms with Crippen molar-refractivity contribution < 1.29 is 19.1 Å². The molecule has 0 aliphatic carbocycles. The molecule has 22 heavy (non-hydrogen) atoms. The number of halogens is 3. The van der Waals surface area contributed by atoms with Crippen LogP contribution >= 0.6 is 48.0 Å². The molecule has 1 aliphatic heterocycles. The second kappa shape index (κ2) is 9.42. The Kier molecular flexibility index (Phi) is 8.27. The second-order valence-corrected chi connectivity index (χ2v) is 6.41. The quantitative estimate of drug-likeness (QED) is 0.273. The topological polar surface area (TPSA) is 63.7 Å². The molecular formula is C14H14Br3NO4. The lowest BCUT2D eigenvalue weighted by atomic mass is 10.1. The van der Waals surface area contributed by atoms with Crippen molar-refractivity contribution in [2.75, 3.05) is 6.61 Å². The minimum absolute atomic E-state index is 0.144. The summed E-state index contributed by atoms with van der Waals surface area (Å²) >= 11 is 9.49. The number of rotatable bonds is 3. The zero-order chi connectivity index (χ0) is 16.7. The predicted octanol–water partition coefficient (Wildman–Crippen LogP) is 3.97. The first kappa shape index (κ1) is 19.3. The number of hydrogen-bond acceptors (Lipinski definition) is 4. The zero-order valence-corrected chi connectivity index (χ0v) is 16.5. The molecular weight excluding hydrogens is 486 g/mol. The summed E-state index contributed by atoms with van der Waals surface area (Å²) in [5.74, 6) is -0.556. The number of amides is 2. The third-order valence-electron chi connectivity index (χ3n) is 2.70. The van der Waals surface area contributed by atoms with E-state index in [2.05, 4.69) is 48.0 Å². The van der Waals surface area contributed by atoms with Crippen molar-refractivity contribution in [3.8, 4) is 0 Å². The van der Waals surface area contributed by atoms with Gasteiger partial charge in [0.1, 0.15) is 0 Å². The third-order valence-corrected chi connectivity index (χ3v) is 4.59. The van der Waals surface area contributed by atoms with Crippen LogP contribution in [0.1, 0.15) is 35.7 Å². The Morgan fingerprint density at radius 1 is 1.27 bits per heavy atom. The van der Waals surface area contributed by atoms with Gasteiger partial charge in [-0.1, -0.05) is 31.9 Å². The van der Waals surface area contributed by atoms with Crippen LogP contribution in [0.3, 0.4) is 0 Å². The van der Waals surface area contributed by atoms with Gasteiger partial charge in [0.2, 0.25) is 11.8 Å². The standard InChI is InChI=1S/C10H10Br2O2.C4H4BrNO2/c1-2-14-10(13)9-4-3-8(12)5-7(9)6-11;5-6-3(7)1-2-4(6)8/h3-5H,2,6H2,1H3;1-2H2. The Morgan fingerprint density at radius 2 is 1.86 bits per heavy atom. The van der Waals surface area contributed by atoms with Gasteiger partial charge in [-0.2, -0.15) is 0 Å². The van der Waals surface area contributed by atoms with Crippen LogP contribution in [0.15, 0.2) is 22.7 Å². The fraction of sp³-hybridized carbons (Fsp3) is 0.357. The van der Waals surface area contributed by atoms with E-state index in [0.29, 0.717) is 30.3 Å². The first-order valence-electron chi connectivity index (χ1n) is 6.43. The van der Waals surface area contributed by atoms with Crippen molar-refractivity contribution in [2.45, 2.75) is 25.1 Å². The van der Waals surface area contributed by atoms with E-state index in [1.807, 2.05) is 12.1 Å². The molecule has 5 nitrogen and oxygen atoms in total. The maximum absolute atomic E-state index is 11.5. The molecule has 2 amide bonds. The molecule has 1 aliphatic rings. The van der Waals surface area contributed by atoms with Crippen LogP contribution in [0, 0.1) is 0 Å². The Morgan fingerprint density at radius 3 is 2.27 bits per heavy atom. The molecule has 1 aromatic rings. The van der Waals surface area contributed by atoms with Crippen molar-refractivity contribution in [1.29, 1.82) is 0 Å². The van der Waals surface area contributed by atoms with E-state index in [0.717, 1.165) is 14.0 Å². The highest BCUT2D eigenvalue weighted by Crippen LogP contribution is 2.19. The maximum atomic E-state index is 11.5. The number of carbonyl (C=O) groups excluding carboxylic acids is 3. The van der Waals surface area contributed by atoms with E-state index in [1.54, 1.807) is 13.0 Å². The van der Waals surface area contributed by atoms with Crippen LogP contribution < -0.4 is 0 Å². The summed E-state index contributed by atoms with van der Waals surface area (Å²) in [6.07, 6.45) is 0.703.